The fraction of sp³-hybridized carbons (Fsp3) is 0. The van der Waals surface area contributed by atoms with Gasteiger partial charge < -0.3 is 26.0 Å². The third-order valence-corrected chi connectivity index (χ3v) is 2.14. The number of phenolic OH excluding ortho intramolecular Hbond substituents is 2. The molecule has 0 aliphatic carbocycles. The second-order valence-electron chi connectivity index (χ2n) is 3.11. The number of rotatable bonds is 1. The van der Waals surface area contributed by atoms with E-state index in [2.05, 4.69) is 4.98 Å². The molecular weight excluding hydrogens is 200 g/mol. The predicted octanol–water partition coefficient (Wildman–Crippen LogP) is 0.859. The Morgan fingerprint density at radius 1 is 1.33 bits per heavy atom. The summed E-state index contributed by atoms with van der Waals surface area (Å²) in [6, 6.07) is 2.57. The first-order chi connectivity index (χ1) is 7.00. The Bertz CT molecular complexity index is 559. The van der Waals surface area contributed by atoms with E-state index in [0.29, 0.717) is 10.9 Å². The fourth-order valence-electron chi connectivity index (χ4n) is 1.39. The van der Waals surface area contributed by atoms with Crippen molar-refractivity contribution in [2.24, 2.45) is 0 Å². The number of H-pyrrole nitrogens is 1. The molecule has 0 saturated carbocycles. The van der Waals surface area contributed by atoms with Crippen molar-refractivity contribution in [3.8, 4) is 11.5 Å². The third-order valence-electron chi connectivity index (χ3n) is 2.14. The average molecular weight is 208 g/mol. The molecule has 6 N–H and O–H groups in total. The summed E-state index contributed by atoms with van der Waals surface area (Å²) in [4.78, 5) is 13.2. The van der Waals surface area contributed by atoms with Gasteiger partial charge in [0.1, 0.15) is 11.4 Å². The van der Waals surface area contributed by atoms with Crippen LogP contribution in [0.25, 0.3) is 10.9 Å². The standard InChI is InChI=1S/C9H8N2O4/c10-6-7-3(2-5(12)8(6)13)1-4(11-7)9(14)15/h1-2,11-13H,10H2,(H,14,15). The summed E-state index contributed by atoms with van der Waals surface area (Å²) in [5.74, 6) is -1.97. The van der Waals surface area contributed by atoms with E-state index in [1.165, 1.54) is 12.1 Å². The lowest BCUT2D eigenvalue weighted by molar-refractivity contribution is 0.0691. The van der Waals surface area contributed by atoms with E-state index in [4.69, 9.17) is 10.8 Å². The number of benzene rings is 1. The third kappa shape index (κ3) is 1.23. The summed E-state index contributed by atoms with van der Waals surface area (Å²) in [6.07, 6.45) is 0. The number of carbonyl (C=O) groups is 1. The highest BCUT2D eigenvalue weighted by Gasteiger charge is 2.14. The number of carboxylic acids is 1. The molecule has 0 spiro atoms. The molecule has 1 aromatic heterocycles. The number of phenols is 2. The van der Waals surface area contributed by atoms with Crippen LogP contribution in [-0.4, -0.2) is 26.3 Å². The van der Waals surface area contributed by atoms with Crippen LogP contribution in [0.1, 0.15) is 10.5 Å². The molecule has 0 aliphatic rings. The monoisotopic (exact) mass is 208 g/mol. The number of fused-ring (bicyclic) bond motifs is 1. The fourth-order valence-corrected chi connectivity index (χ4v) is 1.39. The van der Waals surface area contributed by atoms with Crippen molar-refractivity contribution in [2.45, 2.75) is 0 Å². The molecule has 0 amide bonds. The molecule has 0 atom stereocenters. The Morgan fingerprint density at radius 3 is 2.60 bits per heavy atom. The largest absolute Gasteiger partial charge is 0.504 e. The number of aromatic amines is 1. The van der Waals surface area contributed by atoms with Gasteiger partial charge in [0.15, 0.2) is 11.5 Å². The van der Waals surface area contributed by atoms with E-state index >= 15 is 0 Å². The van der Waals surface area contributed by atoms with Crippen LogP contribution >= 0.6 is 0 Å². The SMILES string of the molecule is Nc1c(O)c(O)cc2cc(C(=O)O)[nH]c12. The number of aromatic carboxylic acids is 1. The summed E-state index contributed by atoms with van der Waals surface area (Å²) in [5, 5.41) is 27.7. The number of carboxylic acid groups (broad SMARTS) is 1. The highest BCUT2D eigenvalue weighted by atomic mass is 16.4. The van der Waals surface area contributed by atoms with Crippen molar-refractivity contribution in [1.29, 1.82) is 0 Å². The van der Waals surface area contributed by atoms with Crippen LogP contribution in [0, 0.1) is 0 Å². The van der Waals surface area contributed by atoms with E-state index in [9.17, 15) is 15.0 Å². The summed E-state index contributed by atoms with van der Waals surface area (Å²) in [7, 11) is 0. The molecule has 15 heavy (non-hydrogen) atoms. The Labute approximate surface area is 83.6 Å². The van der Waals surface area contributed by atoms with Gasteiger partial charge in [0.2, 0.25) is 0 Å². The molecule has 6 heteroatoms. The minimum Gasteiger partial charge on any atom is -0.504 e. The van der Waals surface area contributed by atoms with Crippen molar-refractivity contribution in [2.75, 3.05) is 5.73 Å². The van der Waals surface area contributed by atoms with E-state index < -0.39 is 11.7 Å². The molecule has 0 fully saturated rings. The van der Waals surface area contributed by atoms with Gasteiger partial charge in [-0.25, -0.2) is 4.79 Å². The molecule has 2 rings (SSSR count). The van der Waals surface area contributed by atoms with Crippen molar-refractivity contribution in [1.82, 2.24) is 4.98 Å². The van der Waals surface area contributed by atoms with Crippen LogP contribution in [0.4, 0.5) is 5.69 Å². The summed E-state index contributed by atoms with van der Waals surface area (Å²) >= 11 is 0. The quantitative estimate of drug-likeness (QED) is 0.351. The summed E-state index contributed by atoms with van der Waals surface area (Å²) in [5.41, 5.74) is 5.67. The zero-order valence-electron chi connectivity index (χ0n) is 7.48. The number of aromatic nitrogens is 1. The minimum atomic E-state index is -1.13. The first kappa shape index (κ1) is 9.20. The number of hydrogen-bond donors (Lipinski definition) is 5. The number of nitrogen functional groups attached to an aromatic ring is 1. The Balaban J connectivity index is 2.82. The van der Waals surface area contributed by atoms with Crippen LogP contribution in [0.5, 0.6) is 11.5 Å². The number of hydrogen-bond acceptors (Lipinski definition) is 4. The van der Waals surface area contributed by atoms with Gasteiger partial charge in [-0.2, -0.15) is 0 Å². The number of nitrogens with one attached hydrogen (secondary N) is 1. The van der Waals surface area contributed by atoms with E-state index in [1.54, 1.807) is 0 Å². The number of anilines is 1. The molecule has 1 aromatic carbocycles. The Kier molecular flexibility index (Phi) is 1.72. The van der Waals surface area contributed by atoms with Crippen molar-refractivity contribution >= 4 is 22.6 Å². The van der Waals surface area contributed by atoms with Gasteiger partial charge in [-0.15, -0.1) is 0 Å². The molecule has 0 radical (unpaired) electrons. The predicted molar refractivity (Wildman–Crippen MR) is 53.0 cm³/mol. The topological polar surface area (TPSA) is 120 Å². The molecule has 0 unspecified atom stereocenters. The lowest BCUT2D eigenvalue weighted by Gasteiger charge is -2.02. The maximum atomic E-state index is 10.7. The van der Waals surface area contributed by atoms with Crippen molar-refractivity contribution in [3.05, 3.63) is 17.8 Å². The highest BCUT2D eigenvalue weighted by molar-refractivity contribution is 6.00. The number of aromatic hydroxyl groups is 2. The van der Waals surface area contributed by atoms with Crippen LogP contribution in [0.3, 0.4) is 0 Å². The van der Waals surface area contributed by atoms with Crippen LogP contribution in [-0.2, 0) is 0 Å². The van der Waals surface area contributed by atoms with Gasteiger partial charge in [0.05, 0.1) is 5.52 Å². The second kappa shape index (κ2) is 2.81. The van der Waals surface area contributed by atoms with Gasteiger partial charge in [0.25, 0.3) is 0 Å². The average Bonchev–Trinajstić information content (AvgIpc) is 2.58. The van der Waals surface area contributed by atoms with Crippen LogP contribution in [0.2, 0.25) is 0 Å². The summed E-state index contributed by atoms with van der Waals surface area (Å²) in [6.45, 7) is 0. The molecular formula is C9H8N2O4. The van der Waals surface area contributed by atoms with Crippen LogP contribution < -0.4 is 5.73 Å². The van der Waals surface area contributed by atoms with E-state index in [-0.39, 0.29) is 17.1 Å². The van der Waals surface area contributed by atoms with Gasteiger partial charge >= 0.3 is 5.97 Å². The van der Waals surface area contributed by atoms with Gasteiger partial charge in [-0.3, -0.25) is 0 Å². The summed E-state index contributed by atoms with van der Waals surface area (Å²) < 4.78 is 0. The molecule has 0 aliphatic heterocycles. The van der Waals surface area contributed by atoms with E-state index in [1.807, 2.05) is 0 Å². The molecule has 0 bridgehead atoms. The zero-order chi connectivity index (χ0) is 11.2. The highest BCUT2D eigenvalue weighted by Crippen LogP contribution is 2.37. The first-order valence-electron chi connectivity index (χ1n) is 4.07. The maximum absolute atomic E-state index is 10.7. The normalized spacial score (nSPS) is 10.7. The van der Waals surface area contributed by atoms with Crippen molar-refractivity contribution in [3.63, 3.8) is 0 Å². The molecule has 2 aromatic rings. The minimum absolute atomic E-state index is 0.0540. The van der Waals surface area contributed by atoms with E-state index in [0.717, 1.165) is 0 Å². The van der Waals surface area contributed by atoms with Gasteiger partial charge in [-0.1, -0.05) is 0 Å². The van der Waals surface area contributed by atoms with Crippen molar-refractivity contribution < 1.29 is 20.1 Å². The molecule has 1 heterocycles. The lowest BCUT2D eigenvalue weighted by Crippen LogP contribution is -1.95. The Morgan fingerprint density at radius 2 is 2.00 bits per heavy atom. The molecule has 0 saturated heterocycles. The van der Waals surface area contributed by atoms with Gasteiger partial charge in [0, 0.05) is 5.39 Å². The first-order valence-corrected chi connectivity index (χ1v) is 4.07. The lowest BCUT2D eigenvalue weighted by atomic mass is 10.2. The second-order valence-corrected chi connectivity index (χ2v) is 3.11. The molecule has 78 valence electrons. The van der Waals surface area contributed by atoms with Crippen LogP contribution in [0.15, 0.2) is 12.1 Å². The van der Waals surface area contributed by atoms with Gasteiger partial charge in [-0.05, 0) is 12.1 Å². The molecule has 6 nitrogen and oxygen atoms in total. The zero-order valence-corrected chi connectivity index (χ0v) is 7.48. The smallest absolute Gasteiger partial charge is 0.352 e. The number of nitrogens with two attached hydrogens (primary N) is 1. The Hall–Kier alpha value is -2.37. The maximum Gasteiger partial charge on any atom is 0.352 e.